The molecule has 0 saturated carbocycles. The molecule has 0 fully saturated rings. The van der Waals surface area contributed by atoms with Crippen LogP contribution in [0.1, 0.15) is 113 Å². The van der Waals surface area contributed by atoms with Gasteiger partial charge in [0.05, 0.1) is 11.6 Å². The van der Waals surface area contributed by atoms with E-state index in [2.05, 4.69) is 234 Å². The molecule has 76 heavy (non-hydrogen) atoms. The van der Waals surface area contributed by atoms with Crippen molar-refractivity contribution in [2.45, 2.75) is 47.5 Å². The summed E-state index contributed by atoms with van der Waals surface area (Å²) in [5.74, 6) is 0.0229. The van der Waals surface area contributed by atoms with E-state index in [-0.39, 0.29) is 5.92 Å². The first-order chi connectivity index (χ1) is 37.1. The number of hydrogen-bond donors (Lipinski definition) is 7. The Morgan fingerprint density at radius 1 is 0.421 bits per heavy atom. The standard InChI is InChI=1S/C68H58N8/c1-39-35-41(3)61(42(4)36-39)67-57-27-23-53(73-57)65(47-19-15-45(16-20-47)63(49-11-7-31-69-49)50-12-8-32-70-50)55-25-29-59(75-55)68(62-43(5)37-40(2)38-44(62)6)60-30-26-56(76-60)66(54-24-28-58(67)74-54)48-21-17-46(18-22-48)64(51-13-9-33-71-51)52-14-10-34-72-52/h7-38,63,69-71,73-76H,1-6H3. The van der Waals surface area contributed by atoms with Gasteiger partial charge in [-0.15, -0.1) is 0 Å². The highest BCUT2D eigenvalue weighted by Crippen LogP contribution is 2.36. The topological polar surface area (TPSA) is 123 Å². The second-order valence-corrected chi connectivity index (χ2v) is 20.6. The molecule has 0 aliphatic carbocycles. The molecule has 4 aromatic carbocycles. The smallest absolute Gasteiger partial charge is 0.0729 e. The van der Waals surface area contributed by atoms with Crippen LogP contribution in [-0.2, 0) is 0 Å². The minimum absolute atomic E-state index is 0.0229. The summed E-state index contributed by atoms with van der Waals surface area (Å²) in [5.41, 5.74) is 27.8. The Bertz CT molecular complexity index is 4270. The van der Waals surface area contributed by atoms with Crippen LogP contribution in [0.3, 0.4) is 0 Å². The summed E-state index contributed by atoms with van der Waals surface area (Å²) in [6.07, 6.45) is 11.9. The first-order valence-electron chi connectivity index (χ1n) is 26.1. The summed E-state index contributed by atoms with van der Waals surface area (Å²) in [6.45, 7) is 13.3. The van der Waals surface area contributed by atoms with Gasteiger partial charge in [-0.2, -0.15) is 0 Å². The predicted octanol–water partition coefficient (Wildman–Crippen LogP) is 11.7. The molecule has 13 rings (SSSR count). The van der Waals surface area contributed by atoms with Crippen molar-refractivity contribution in [3.05, 3.63) is 322 Å². The van der Waals surface area contributed by atoms with Crippen molar-refractivity contribution in [1.29, 1.82) is 0 Å². The lowest BCUT2D eigenvalue weighted by Crippen LogP contribution is -2.20. The van der Waals surface area contributed by atoms with Gasteiger partial charge in [0.25, 0.3) is 0 Å². The van der Waals surface area contributed by atoms with E-state index in [0.717, 1.165) is 112 Å². The number of aryl methyl sites for hydroxylation is 6. The zero-order valence-corrected chi connectivity index (χ0v) is 43.5. The van der Waals surface area contributed by atoms with Gasteiger partial charge in [-0.05, 0) is 194 Å². The quantitative estimate of drug-likeness (QED) is 0.0745. The number of fused-ring (bicyclic) bond motifs is 8. The Kier molecular flexibility index (Phi) is 11.4. The molecule has 7 aromatic heterocycles. The fourth-order valence-electron chi connectivity index (χ4n) is 12.2. The zero-order valence-electron chi connectivity index (χ0n) is 43.5. The number of hydrogen-bond acceptors (Lipinski definition) is 1. The summed E-state index contributed by atoms with van der Waals surface area (Å²) < 4.78 is 0. The van der Waals surface area contributed by atoms with Crippen molar-refractivity contribution in [2.24, 2.45) is 4.99 Å². The Hall–Kier alpha value is -9.53. The van der Waals surface area contributed by atoms with Gasteiger partial charge in [-0.3, -0.25) is 4.99 Å². The van der Waals surface area contributed by atoms with E-state index in [1.807, 2.05) is 36.9 Å². The minimum atomic E-state index is 0.0229. The van der Waals surface area contributed by atoms with E-state index in [0.29, 0.717) is 0 Å². The second-order valence-electron chi connectivity index (χ2n) is 20.6. The number of aromatic nitrogens is 7. The number of nitrogens with one attached hydrogen (secondary N) is 7. The number of rotatable bonds is 9. The zero-order chi connectivity index (χ0) is 51.6. The molecule has 11 aromatic rings. The average molecular weight is 987 g/mol. The number of aromatic amines is 7. The van der Waals surface area contributed by atoms with Crippen LogP contribution in [0, 0.1) is 41.5 Å². The molecular weight excluding hydrogens is 929 g/mol. The van der Waals surface area contributed by atoms with Gasteiger partial charge in [0.15, 0.2) is 0 Å². The van der Waals surface area contributed by atoms with Crippen LogP contribution >= 0.6 is 0 Å². The maximum Gasteiger partial charge on any atom is 0.0729 e. The van der Waals surface area contributed by atoms with Crippen LogP contribution in [0.25, 0.3) is 27.9 Å². The van der Waals surface area contributed by atoms with Crippen molar-refractivity contribution in [3.8, 4) is 0 Å². The molecule has 7 N–H and O–H groups in total. The molecule has 9 heterocycles. The van der Waals surface area contributed by atoms with Crippen LogP contribution in [0.15, 0.2) is 199 Å². The molecule has 0 radical (unpaired) electrons. The van der Waals surface area contributed by atoms with E-state index >= 15 is 0 Å². The Morgan fingerprint density at radius 3 is 1.28 bits per heavy atom. The second kappa shape index (κ2) is 18.7. The first-order valence-corrected chi connectivity index (χ1v) is 26.1. The Labute approximate surface area is 441 Å². The van der Waals surface area contributed by atoms with Gasteiger partial charge in [-0.1, -0.05) is 83.9 Å². The third kappa shape index (κ3) is 8.15. The molecule has 8 heteroatoms. The van der Waals surface area contributed by atoms with Crippen molar-refractivity contribution in [2.75, 3.05) is 0 Å². The molecule has 0 amide bonds. The molecule has 0 saturated heterocycles. The van der Waals surface area contributed by atoms with Crippen molar-refractivity contribution < 1.29 is 0 Å². The number of benzene rings is 4. The monoisotopic (exact) mass is 986 g/mol. The van der Waals surface area contributed by atoms with E-state index in [1.165, 1.54) is 50.1 Å². The lowest BCUT2D eigenvalue weighted by molar-refractivity contribution is 0.897. The lowest BCUT2D eigenvalue weighted by atomic mass is 9.90. The number of H-pyrrole nitrogens is 7. The van der Waals surface area contributed by atoms with Crippen molar-refractivity contribution >= 4 is 34.1 Å². The molecular formula is C68H58N8. The highest BCUT2D eigenvalue weighted by molar-refractivity contribution is 5.90. The average Bonchev–Trinajstić information content (AvgIpc) is 4.26. The molecule has 370 valence electrons. The number of aliphatic imine (C=N–C) groups is 1. The molecule has 8 bridgehead atoms. The van der Waals surface area contributed by atoms with E-state index < -0.39 is 0 Å². The van der Waals surface area contributed by atoms with E-state index in [4.69, 9.17) is 4.99 Å². The van der Waals surface area contributed by atoms with Gasteiger partial charge in [0, 0.05) is 114 Å². The Morgan fingerprint density at radius 2 is 0.855 bits per heavy atom. The fraction of sp³-hybridized carbons (Fsp3) is 0.103. The minimum Gasteiger partial charge on any atom is -0.364 e. The summed E-state index contributed by atoms with van der Waals surface area (Å²) in [7, 11) is 0. The van der Waals surface area contributed by atoms with Gasteiger partial charge < -0.3 is 34.9 Å². The van der Waals surface area contributed by atoms with Crippen molar-refractivity contribution in [1.82, 2.24) is 34.9 Å². The summed E-state index contributed by atoms with van der Waals surface area (Å²) in [6, 6.07) is 57.8. The van der Waals surface area contributed by atoms with Gasteiger partial charge in [0.2, 0.25) is 0 Å². The highest BCUT2D eigenvalue weighted by atomic mass is 14.8. The summed E-state index contributed by atoms with van der Waals surface area (Å²) >= 11 is 0. The molecule has 2 aliphatic heterocycles. The normalized spacial score (nSPS) is 14.0. The molecule has 0 spiro atoms. The Balaban J connectivity index is 1.08. The third-order valence-electron chi connectivity index (χ3n) is 15.3. The van der Waals surface area contributed by atoms with E-state index in [1.54, 1.807) is 0 Å². The van der Waals surface area contributed by atoms with Crippen molar-refractivity contribution in [3.63, 3.8) is 0 Å². The predicted molar refractivity (Wildman–Crippen MR) is 309 cm³/mol. The van der Waals surface area contributed by atoms with Crippen LogP contribution in [-0.4, -0.2) is 41.1 Å². The van der Waals surface area contributed by atoms with Gasteiger partial charge >= 0.3 is 0 Å². The summed E-state index contributed by atoms with van der Waals surface area (Å²) in [4.78, 5) is 31.3. The maximum atomic E-state index is 4.73. The summed E-state index contributed by atoms with van der Waals surface area (Å²) in [5, 5.41) is 4.04. The van der Waals surface area contributed by atoms with E-state index in [9.17, 15) is 0 Å². The van der Waals surface area contributed by atoms with Gasteiger partial charge in [-0.25, -0.2) is 0 Å². The van der Waals surface area contributed by atoms with Crippen LogP contribution in [0.2, 0.25) is 0 Å². The fourth-order valence-corrected chi connectivity index (χ4v) is 12.2. The van der Waals surface area contributed by atoms with Crippen LogP contribution in [0.5, 0.6) is 0 Å². The largest absolute Gasteiger partial charge is 0.364 e. The SMILES string of the molecule is Cc1cc(C)c(C2=c3ccc([nH]3)=C(c3ccc(C(=C4C=CC=N4)c4ccc[nH]4)cc3)c3ccc([nH]3)C(c3c(C)cc(C)cc3C)=c3ccc([nH]3)=C(c3ccc(C(c4ccc[nH]4)c4ccc[nH]4)cc3)c3ccc2[nH]3)c(C)c1. The maximum absolute atomic E-state index is 4.73. The number of nitrogens with zero attached hydrogens (tertiary/aromatic N) is 1. The molecule has 0 unspecified atom stereocenters. The molecule has 2 aliphatic rings. The number of allylic oxidation sites excluding steroid dienone is 2. The van der Waals surface area contributed by atoms with Crippen LogP contribution < -0.4 is 21.4 Å². The molecule has 0 atom stereocenters. The highest BCUT2D eigenvalue weighted by Gasteiger charge is 2.24. The van der Waals surface area contributed by atoms with Gasteiger partial charge in [0.1, 0.15) is 0 Å². The van der Waals surface area contributed by atoms with Crippen LogP contribution in [0.4, 0.5) is 0 Å². The first kappa shape index (κ1) is 46.3. The third-order valence-corrected chi connectivity index (χ3v) is 15.3. The lowest BCUT2D eigenvalue weighted by Gasteiger charge is -2.17. The molecule has 8 nitrogen and oxygen atoms in total.